The fraction of sp³-hybridized carbons (Fsp3) is 0.333. The summed E-state index contributed by atoms with van der Waals surface area (Å²) in [6, 6.07) is 12.3. The van der Waals surface area contributed by atoms with E-state index in [1.54, 1.807) is 20.1 Å². The number of ether oxygens (including phenoxy) is 2. The van der Waals surface area contributed by atoms with Crippen LogP contribution >= 0.6 is 15.9 Å². The van der Waals surface area contributed by atoms with Crippen molar-refractivity contribution in [1.29, 1.82) is 0 Å². The first-order chi connectivity index (χ1) is 15.3. The van der Waals surface area contributed by atoms with Crippen molar-refractivity contribution in [3.8, 4) is 11.5 Å². The molecule has 2 aromatic carbocycles. The van der Waals surface area contributed by atoms with E-state index in [9.17, 15) is 9.59 Å². The third-order valence-corrected chi connectivity index (χ3v) is 5.54. The van der Waals surface area contributed by atoms with E-state index >= 15 is 0 Å². The molecule has 1 atom stereocenters. The zero-order valence-corrected chi connectivity index (χ0v) is 20.2. The van der Waals surface area contributed by atoms with Gasteiger partial charge in [0.25, 0.3) is 5.91 Å². The van der Waals surface area contributed by atoms with Crippen LogP contribution in [0.4, 0.5) is 4.79 Å². The summed E-state index contributed by atoms with van der Waals surface area (Å²) in [5.74, 6) is 1.19. The second kappa shape index (κ2) is 10.5. The molecule has 0 spiro atoms. The van der Waals surface area contributed by atoms with Gasteiger partial charge in [0.2, 0.25) is 0 Å². The van der Waals surface area contributed by atoms with Crippen LogP contribution in [0.5, 0.6) is 11.5 Å². The van der Waals surface area contributed by atoms with Gasteiger partial charge in [0.05, 0.1) is 29.8 Å². The van der Waals surface area contributed by atoms with E-state index in [4.69, 9.17) is 9.47 Å². The molecule has 3 rings (SSSR count). The fourth-order valence-corrected chi connectivity index (χ4v) is 3.99. The number of urea groups is 1. The van der Waals surface area contributed by atoms with Gasteiger partial charge in [-0.1, -0.05) is 44.2 Å². The van der Waals surface area contributed by atoms with Crippen LogP contribution in [0.3, 0.4) is 0 Å². The first-order valence-corrected chi connectivity index (χ1v) is 11.2. The Hall–Kier alpha value is -3.00. The van der Waals surface area contributed by atoms with Crippen molar-refractivity contribution < 1.29 is 19.1 Å². The Morgan fingerprint density at radius 1 is 1.22 bits per heavy atom. The Morgan fingerprint density at radius 3 is 2.59 bits per heavy atom. The number of allylic oxidation sites excluding steroid dienone is 1. The van der Waals surface area contributed by atoms with Crippen LogP contribution in [0.15, 0.2) is 58.2 Å². The van der Waals surface area contributed by atoms with Gasteiger partial charge in [0.1, 0.15) is 0 Å². The molecule has 0 unspecified atom stereocenters. The van der Waals surface area contributed by atoms with Crippen molar-refractivity contribution in [2.24, 2.45) is 5.92 Å². The number of benzene rings is 2. The zero-order valence-electron chi connectivity index (χ0n) is 18.6. The molecule has 0 bridgehead atoms. The summed E-state index contributed by atoms with van der Waals surface area (Å²) < 4.78 is 12.1. The Labute approximate surface area is 196 Å². The quantitative estimate of drug-likeness (QED) is 0.498. The number of methoxy groups -OCH3 is 1. The number of carbonyl (C=O) groups is 2. The Morgan fingerprint density at radius 2 is 1.94 bits per heavy atom. The molecule has 0 saturated carbocycles. The molecular formula is C24H28BrN3O4. The molecule has 0 saturated heterocycles. The molecule has 8 heteroatoms. The Balaban J connectivity index is 1.91. The number of nitrogens with one attached hydrogen (secondary N) is 3. The fourth-order valence-electron chi connectivity index (χ4n) is 3.41. The van der Waals surface area contributed by atoms with Crippen molar-refractivity contribution in [2.75, 3.05) is 13.7 Å². The highest BCUT2D eigenvalue weighted by atomic mass is 79.9. The largest absolute Gasteiger partial charge is 0.493 e. The monoisotopic (exact) mass is 501 g/mol. The summed E-state index contributed by atoms with van der Waals surface area (Å²) in [7, 11) is 1.56. The van der Waals surface area contributed by atoms with Crippen molar-refractivity contribution in [3.05, 3.63) is 69.3 Å². The smallest absolute Gasteiger partial charge is 0.319 e. The minimum atomic E-state index is -0.649. The third kappa shape index (κ3) is 5.62. The van der Waals surface area contributed by atoms with Gasteiger partial charge in [-0.25, -0.2) is 4.79 Å². The van der Waals surface area contributed by atoms with Crippen molar-refractivity contribution in [3.63, 3.8) is 0 Å². The molecule has 3 N–H and O–H groups in total. The summed E-state index contributed by atoms with van der Waals surface area (Å²) >= 11 is 3.55. The number of hydrogen-bond donors (Lipinski definition) is 3. The average Bonchev–Trinajstić information content (AvgIpc) is 2.76. The summed E-state index contributed by atoms with van der Waals surface area (Å²) in [6.45, 7) is 6.76. The van der Waals surface area contributed by atoms with Crippen LogP contribution < -0.4 is 25.4 Å². The van der Waals surface area contributed by atoms with Crippen molar-refractivity contribution in [1.82, 2.24) is 16.0 Å². The van der Waals surface area contributed by atoms with Crippen LogP contribution in [0.2, 0.25) is 0 Å². The predicted molar refractivity (Wildman–Crippen MR) is 126 cm³/mol. The number of rotatable bonds is 8. The minimum Gasteiger partial charge on any atom is -0.493 e. The van der Waals surface area contributed by atoms with Crippen molar-refractivity contribution >= 4 is 27.9 Å². The summed E-state index contributed by atoms with van der Waals surface area (Å²) in [4.78, 5) is 25.4. The SMILES string of the molecule is COc1cc([C@@H]2NC(=O)NC(C)=C2C(=O)NCc2ccccc2)cc(Br)c1OCC(C)C. The van der Waals surface area contributed by atoms with Gasteiger partial charge < -0.3 is 25.4 Å². The topological polar surface area (TPSA) is 88.7 Å². The maximum absolute atomic E-state index is 13.1. The maximum Gasteiger partial charge on any atom is 0.319 e. The van der Waals surface area contributed by atoms with Crippen LogP contribution in [0.25, 0.3) is 0 Å². The highest BCUT2D eigenvalue weighted by Gasteiger charge is 2.32. The molecule has 2 aromatic rings. The van der Waals surface area contributed by atoms with Gasteiger partial charge in [-0.05, 0) is 52.0 Å². The van der Waals surface area contributed by atoms with Gasteiger partial charge in [-0.2, -0.15) is 0 Å². The molecule has 1 aliphatic heterocycles. The second-order valence-corrected chi connectivity index (χ2v) is 8.83. The standard InChI is InChI=1S/C24H28BrN3O4/c1-14(2)13-32-22-18(25)10-17(11-19(22)31-4)21-20(15(3)27-24(30)28-21)23(29)26-12-16-8-6-5-7-9-16/h5-11,14,21H,12-13H2,1-4H3,(H,26,29)(H2,27,28,30)/t21-/m0/s1. The first kappa shape index (κ1) is 23.7. The van der Waals surface area contributed by atoms with E-state index in [0.29, 0.717) is 51.9 Å². The van der Waals surface area contributed by atoms with E-state index in [1.165, 1.54) is 0 Å². The van der Waals surface area contributed by atoms with E-state index in [-0.39, 0.29) is 11.9 Å². The Bertz CT molecular complexity index is 1020. The lowest BCUT2D eigenvalue weighted by Crippen LogP contribution is -2.46. The molecule has 1 heterocycles. The molecule has 3 amide bonds. The number of carbonyl (C=O) groups excluding carboxylic acids is 2. The molecule has 7 nitrogen and oxygen atoms in total. The predicted octanol–water partition coefficient (Wildman–Crippen LogP) is 4.44. The highest BCUT2D eigenvalue weighted by molar-refractivity contribution is 9.10. The molecule has 0 fully saturated rings. The molecule has 0 aromatic heterocycles. The second-order valence-electron chi connectivity index (χ2n) is 7.98. The van der Waals surface area contributed by atoms with Gasteiger partial charge in [0.15, 0.2) is 11.5 Å². The normalized spacial score (nSPS) is 15.8. The van der Waals surface area contributed by atoms with E-state index in [1.807, 2.05) is 36.4 Å². The first-order valence-electron chi connectivity index (χ1n) is 10.4. The number of halogens is 1. The Kier molecular flexibility index (Phi) is 7.80. The van der Waals surface area contributed by atoms with Crippen LogP contribution in [-0.4, -0.2) is 25.7 Å². The zero-order chi connectivity index (χ0) is 23.3. The molecular weight excluding hydrogens is 474 g/mol. The lowest BCUT2D eigenvalue weighted by Gasteiger charge is -2.29. The number of amides is 3. The molecule has 32 heavy (non-hydrogen) atoms. The number of hydrogen-bond acceptors (Lipinski definition) is 4. The van der Waals surface area contributed by atoms with Gasteiger partial charge in [-0.3, -0.25) is 4.79 Å². The summed E-state index contributed by atoms with van der Waals surface area (Å²) in [6.07, 6.45) is 0. The molecule has 0 radical (unpaired) electrons. The molecule has 170 valence electrons. The van der Waals surface area contributed by atoms with Crippen LogP contribution in [-0.2, 0) is 11.3 Å². The highest BCUT2D eigenvalue weighted by Crippen LogP contribution is 2.40. The summed E-state index contributed by atoms with van der Waals surface area (Å²) in [5, 5.41) is 8.50. The lowest BCUT2D eigenvalue weighted by molar-refractivity contribution is -0.118. The minimum absolute atomic E-state index is 0.265. The van der Waals surface area contributed by atoms with E-state index in [0.717, 1.165) is 5.56 Å². The average molecular weight is 502 g/mol. The maximum atomic E-state index is 13.1. The molecule has 1 aliphatic rings. The van der Waals surface area contributed by atoms with Gasteiger partial charge in [-0.15, -0.1) is 0 Å². The summed E-state index contributed by atoms with van der Waals surface area (Å²) in [5.41, 5.74) is 2.62. The lowest BCUT2D eigenvalue weighted by atomic mass is 9.94. The third-order valence-electron chi connectivity index (χ3n) is 4.96. The van der Waals surface area contributed by atoms with E-state index in [2.05, 4.69) is 45.7 Å². The van der Waals surface area contributed by atoms with Crippen molar-refractivity contribution in [2.45, 2.75) is 33.4 Å². The van der Waals surface area contributed by atoms with Crippen LogP contribution in [0, 0.1) is 5.92 Å². The van der Waals surface area contributed by atoms with Gasteiger partial charge >= 0.3 is 6.03 Å². The molecule has 0 aliphatic carbocycles. The van der Waals surface area contributed by atoms with Gasteiger partial charge in [0, 0.05) is 12.2 Å². The van der Waals surface area contributed by atoms with E-state index < -0.39 is 6.04 Å². The van der Waals surface area contributed by atoms with Crippen LogP contribution in [0.1, 0.15) is 37.9 Å².